The van der Waals surface area contributed by atoms with E-state index in [2.05, 4.69) is 15.7 Å². The number of nitrogens with zero attached hydrogens (tertiary/aromatic N) is 3. The number of anilines is 2. The number of carbonyl (C=O) groups excluding carboxylic acids is 1. The minimum absolute atomic E-state index is 0.109. The summed E-state index contributed by atoms with van der Waals surface area (Å²) in [5.74, 6) is 1.11. The van der Waals surface area contributed by atoms with Crippen molar-refractivity contribution >= 4 is 34.7 Å². The lowest BCUT2D eigenvalue weighted by molar-refractivity contribution is -0.117. The SMILES string of the molecule is Cc1cnn2c(NCc3cccc(NC(=O)C4CC4)c3)cc(-c3ccccc3Cl)nc12. The Balaban J connectivity index is 1.43. The summed E-state index contributed by atoms with van der Waals surface area (Å²) >= 11 is 6.42. The third-order valence-corrected chi connectivity index (χ3v) is 5.74. The molecule has 4 aromatic rings. The maximum absolute atomic E-state index is 12.1. The number of hydrogen-bond donors (Lipinski definition) is 2. The van der Waals surface area contributed by atoms with Crippen molar-refractivity contribution in [2.75, 3.05) is 10.6 Å². The van der Waals surface area contributed by atoms with Crippen molar-refractivity contribution in [2.45, 2.75) is 26.3 Å². The number of amides is 1. The number of aromatic nitrogens is 3. The van der Waals surface area contributed by atoms with Crippen LogP contribution >= 0.6 is 11.6 Å². The number of aryl methyl sites for hydroxylation is 1. The molecule has 0 unspecified atom stereocenters. The van der Waals surface area contributed by atoms with E-state index in [-0.39, 0.29) is 11.8 Å². The van der Waals surface area contributed by atoms with Crippen molar-refractivity contribution in [3.8, 4) is 11.3 Å². The van der Waals surface area contributed by atoms with Gasteiger partial charge in [0.25, 0.3) is 0 Å². The molecule has 0 spiro atoms. The van der Waals surface area contributed by atoms with Gasteiger partial charge in [0, 0.05) is 40.4 Å². The molecule has 0 atom stereocenters. The van der Waals surface area contributed by atoms with Crippen molar-refractivity contribution < 1.29 is 4.79 Å². The highest BCUT2D eigenvalue weighted by Crippen LogP contribution is 2.31. The smallest absolute Gasteiger partial charge is 0.227 e. The van der Waals surface area contributed by atoms with Gasteiger partial charge in [0.2, 0.25) is 5.91 Å². The lowest BCUT2D eigenvalue weighted by atomic mass is 10.1. The summed E-state index contributed by atoms with van der Waals surface area (Å²) in [6.07, 6.45) is 3.78. The molecule has 1 aliphatic rings. The number of carbonyl (C=O) groups is 1. The van der Waals surface area contributed by atoms with Crippen molar-refractivity contribution in [1.29, 1.82) is 0 Å². The van der Waals surface area contributed by atoms with Gasteiger partial charge in [0.05, 0.1) is 11.9 Å². The maximum atomic E-state index is 12.1. The Bertz CT molecular complexity index is 1280. The average molecular weight is 432 g/mol. The number of halogens is 1. The Hall–Kier alpha value is -3.38. The Morgan fingerprint density at radius 2 is 2.00 bits per heavy atom. The molecule has 7 heteroatoms. The Morgan fingerprint density at radius 1 is 1.16 bits per heavy atom. The maximum Gasteiger partial charge on any atom is 0.227 e. The van der Waals surface area contributed by atoms with E-state index in [0.29, 0.717) is 11.6 Å². The summed E-state index contributed by atoms with van der Waals surface area (Å²) < 4.78 is 1.80. The van der Waals surface area contributed by atoms with Gasteiger partial charge >= 0.3 is 0 Å². The number of fused-ring (bicyclic) bond motifs is 1. The van der Waals surface area contributed by atoms with E-state index in [1.54, 1.807) is 10.7 Å². The van der Waals surface area contributed by atoms with E-state index in [4.69, 9.17) is 16.6 Å². The van der Waals surface area contributed by atoms with Crippen LogP contribution in [0.15, 0.2) is 60.8 Å². The Labute approximate surface area is 185 Å². The van der Waals surface area contributed by atoms with Crippen molar-refractivity contribution in [2.24, 2.45) is 5.92 Å². The average Bonchev–Trinajstić information content (AvgIpc) is 3.56. The number of nitrogens with one attached hydrogen (secondary N) is 2. The fourth-order valence-electron chi connectivity index (χ4n) is 3.55. The first-order valence-electron chi connectivity index (χ1n) is 10.3. The monoisotopic (exact) mass is 431 g/mol. The van der Waals surface area contributed by atoms with Gasteiger partial charge in [-0.2, -0.15) is 9.61 Å². The molecule has 1 amide bonds. The molecule has 6 nitrogen and oxygen atoms in total. The molecule has 2 N–H and O–H groups in total. The van der Waals surface area contributed by atoms with Crippen LogP contribution < -0.4 is 10.6 Å². The second-order valence-corrected chi connectivity index (χ2v) is 8.29. The quantitative estimate of drug-likeness (QED) is 0.433. The van der Waals surface area contributed by atoms with E-state index in [9.17, 15) is 4.79 Å². The molecule has 2 aromatic carbocycles. The second-order valence-electron chi connectivity index (χ2n) is 7.89. The van der Waals surface area contributed by atoms with Crippen molar-refractivity contribution in [3.05, 3.63) is 76.9 Å². The summed E-state index contributed by atoms with van der Waals surface area (Å²) in [5, 5.41) is 11.6. The molecule has 5 rings (SSSR count). The topological polar surface area (TPSA) is 71.3 Å². The minimum Gasteiger partial charge on any atom is -0.366 e. The third-order valence-electron chi connectivity index (χ3n) is 5.41. The molecule has 0 aliphatic heterocycles. The molecule has 1 saturated carbocycles. The molecule has 1 aliphatic carbocycles. The Kier molecular flexibility index (Phi) is 5.08. The van der Waals surface area contributed by atoms with Gasteiger partial charge in [-0.15, -0.1) is 0 Å². The highest BCUT2D eigenvalue weighted by Gasteiger charge is 2.29. The zero-order valence-corrected chi connectivity index (χ0v) is 17.9. The largest absolute Gasteiger partial charge is 0.366 e. The van der Waals surface area contributed by atoms with Crippen LogP contribution in [0.1, 0.15) is 24.0 Å². The van der Waals surface area contributed by atoms with E-state index in [0.717, 1.165) is 52.4 Å². The molecule has 156 valence electrons. The summed E-state index contributed by atoms with van der Waals surface area (Å²) in [6, 6.07) is 17.5. The van der Waals surface area contributed by atoms with Crippen LogP contribution in [0.3, 0.4) is 0 Å². The molecule has 0 bridgehead atoms. The second kappa shape index (κ2) is 8.04. The fourth-order valence-corrected chi connectivity index (χ4v) is 3.78. The van der Waals surface area contributed by atoms with Crippen molar-refractivity contribution in [1.82, 2.24) is 14.6 Å². The molecule has 1 fully saturated rings. The van der Waals surface area contributed by atoms with E-state index in [1.807, 2.05) is 61.5 Å². The van der Waals surface area contributed by atoms with Crippen LogP contribution in [0, 0.1) is 12.8 Å². The van der Waals surface area contributed by atoms with Crippen LogP contribution in [0.2, 0.25) is 5.02 Å². The molecular weight excluding hydrogens is 410 g/mol. The fraction of sp³-hybridized carbons (Fsp3) is 0.208. The van der Waals surface area contributed by atoms with Gasteiger partial charge in [-0.25, -0.2) is 4.98 Å². The summed E-state index contributed by atoms with van der Waals surface area (Å²) in [5.41, 5.74) is 5.31. The zero-order chi connectivity index (χ0) is 21.4. The van der Waals surface area contributed by atoms with Crippen LogP contribution in [-0.4, -0.2) is 20.5 Å². The first-order valence-corrected chi connectivity index (χ1v) is 10.7. The van der Waals surface area contributed by atoms with Crippen LogP contribution in [0.25, 0.3) is 16.9 Å². The number of rotatable bonds is 6. The van der Waals surface area contributed by atoms with Gasteiger partial charge in [-0.1, -0.05) is 41.9 Å². The molecule has 0 radical (unpaired) electrons. The lowest BCUT2D eigenvalue weighted by Crippen LogP contribution is -2.13. The van der Waals surface area contributed by atoms with Gasteiger partial charge in [-0.05, 0) is 43.5 Å². The minimum atomic E-state index is 0.109. The van der Waals surface area contributed by atoms with E-state index >= 15 is 0 Å². The van der Waals surface area contributed by atoms with E-state index in [1.165, 1.54) is 0 Å². The number of hydrogen-bond acceptors (Lipinski definition) is 4. The lowest BCUT2D eigenvalue weighted by Gasteiger charge is -2.13. The number of benzene rings is 2. The standard InChI is InChI=1S/C24H22ClN5O/c1-15-13-27-30-22(12-21(29-23(15)30)19-7-2-3-8-20(19)25)26-14-16-5-4-6-18(11-16)28-24(31)17-9-10-17/h2-8,11-13,17,26H,9-10,14H2,1H3,(H,28,31). The van der Waals surface area contributed by atoms with Crippen molar-refractivity contribution in [3.63, 3.8) is 0 Å². The molecule has 2 aromatic heterocycles. The first-order chi connectivity index (χ1) is 15.1. The normalized spacial score (nSPS) is 13.4. The van der Waals surface area contributed by atoms with E-state index < -0.39 is 0 Å². The Morgan fingerprint density at radius 3 is 2.81 bits per heavy atom. The predicted octanol–water partition coefficient (Wildman–Crippen LogP) is 5.32. The molecule has 0 saturated heterocycles. The summed E-state index contributed by atoms with van der Waals surface area (Å²) in [4.78, 5) is 16.8. The summed E-state index contributed by atoms with van der Waals surface area (Å²) in [7, 11) is 0. The molecule has 2 heterocycles. The predicted molar refractivity (Wildman–Crippen MR) is 123 cm³/mol. The summed E-state index contributed by atoms with van der Waals surface area (Å²) in [6.45, 7) is 2.56. The highest BCUT2D eigenvalue weighted by atomic mass is 35.5. The van der Waals surface area contributed by atoms with Crippen LogP contribution in [-0.2, 0) is 11.3 Å². The van der Waals surface area contributed by atoms with Gasteiger partial charge in [-0.3, -0.25) is 4.79 Å². The van der Waals surface area contributed by atoms with Gasteiger partial charge in [0.15, 0.2) is 5.65 Å². The molecule has 31 heavy (non-hydrogen) atoms. The first kappa shape index (κ1) is 19.6. The third kappa shape index (κ3) is 4.11. The van der Waals surface area contributed by atoms with Gasteiger partial charge in [0.1, 0.15) is 5.82 Å². The molecular formula is C24H22ClN5O. The zero-order valence-electron chi connectivity index (χ0n) is 17.1. The van der Waals surface area contributed by atoms with Gasteiger partial charge < -0.3 is 10.6 Å². The highest BCUT2D eigenvalue weighted by molar-refractivity contribution is 6.33. The van der Waals surface area contributed by atoms with Crippen LogP contribution in [0.5, 0.6) is 0 Å². The van der Waals surface area contributed by atoms with Crippen LogP contribution in [0.4, 0.5) is 11.5 Å².